The highest BCUT2D eigenvalue weighted by Crippen LogP contribution is 2.35. The zero-order chi connectivity index (χ0) is 10.8. The third-order valence-corrected chi connectivity index (χ3v) is 4.53. The van der Waals surface area contributed by atoms with Crippen LogP contribution in [0.5, 0.6) is 0 Å². The molecule has 0 spiro atoms. The van der Waals surface area contributed by atoms with E-state index in [-0.39, 0.29) is 0 Å². The number of hydrogen-bond acceptors (Lipinski definition) is 2. The molecule has 0 saturated heterocycles. The van der Waals surface area contributed by atoms with Gasteiger partial charge in [0.05, 0.1) is 11.0 Å². The van der Waals surface area contributed by atoms with E-state index in [1.807, 2.05) is 6.07 Å². The van der Waals surface area contributed by atoms with Gasteiger partial charge in [-0.05, 0) is 56.7 Å². The summed E-state index contributed by atoms with van der Waals surface area (Å²) < 4.78 is 7.26. The average Bonchev–Trinajstić information content (AvgIpc) is 2.85. The molecule has 1 saturated carbocycles. The maximum absolute atomic E-state index is 5.49. The van der Waals surface area contributed by atoms with Crippen molar-refractivity contribution in [1.29, 1.82) is 0 Å². The van der Waals surface area contributed by atoms with Gasteiger partial charge in [0.25, 0.3) is 0 Å². The Hall–Kier alpha value is 0.200. The number of nitrogens with one attached hydrogen (secondary N) is 1. The molecule has 1 aromatic heterocycles. The zero-order valence-electron chi connectivity index (χ0n) is 8.72. The monoisotopic (exact) mass is 335 g/mol. The van der Waals surface area contributed by atoms with E-state index in [0.717, 1.165) is 27.4 Å². The Bertz CT molecular complexity index is 318. The van der Waals surface area contributed by atoms with E-state index in [1.165, 1.54) is 19.3 Å². The van der Waals surface area contributed by atoms with Gasteiger partial charge in [-0.3, -0.25) is 0 Å². The first kappa shape index (κ1) is 11.7. The van der Waals surface area contributed by atoms with Crippen molar-refractivity contribution >= 4 is 31.9 Å². The van der Waals surface area contributed by atoms with Crippen LogP contribution in [0.2, 0.25) is 0 Å². The summed E-state index contributed by atoms with van der Waals surface area (Å²) in [5.74, 6) is 1.88. The molecule has 1 aliphatic rings. The SMILES string of the molecule is CCCC1CC1NCc1cc(Br)c(Br)o1. The first-order valence-electron chi connectivity index (χ1n) is 5.37. The molecule has 2 rings (SSSR count). The molecule has 0 amide bonds. The lowest BCUT2D eigenvalue weighted by Gasteiger charge is -2.00. The van der Waals surface area contributed by atoms with Crippen LogP contribution < -0.4 is 5.32 Å². The van der Waals surface area contributed by atoms with E-state index in [0.29, 0.717) is 6.04 Å². The predicted molar refractivity (Wildman–Crippen MR) is 67.8 cm³/mol. The molecule has 1 aromatic rings. The molecular formula is C11H15Br2NO. The van der Waals surface area contributed by atoms with Crippen molar-refractivity contribution in [2.75, 3.05) is 0 Å². The van der Waals surface area contributed by atoms with Crippen molar-refractivity contribution in [1.82, 2.24) is 5.32 Å². The third-order valence-electron chi connectivity index (χ3n) is 2.82. The van der Waals surface area contributed by atoms with Crippen LogP contribution in [0.1, 0.15) is 31.9 Å². The lowest BCUT2D eigenvalue weighted by molar-refractivity contribution is 0.458. The fourth-order valence-electron chi connectivity index (χ4n) is 1.90. The summed E-state index contributed by atoms with van der Waals surface area (Å²) in [6, 6.07) is 2.72. The molecule has 84 valence electrons. The van der Waals surface area contributed by atoms with Crippen LogP contribution in [0.4, 0.5) is 0 Å². The maximum atomic E-state index is 5.49. The molecule has 0 aliphatic heterocycles. The Balaban J connectivity index is 1.75. The summed E-state index contributed by atoms with van der Waals surface area (Å²) in [7, 11) is 0. The van der Waals surface area contributed by atoms with E-state index in [2.05, 4.69) is 44.1 Å². The van der Waals surface area contributed by atoms with Crippen LogP contribution in [0.3, 0.4) is 0 Å². The van der Waals surface area contributed by atoms with Crippen molar-refractivity contribution in [3.8, 4) is 0 Å². The van der Waals surface area contributed by atoms with E-state index in [1.54, 1.807) is 0 Å². The topological polar surface area (TPSA) is 25.2 Å². The summed E-state index contributed by atoms with van der Waals surface area (Å²) >= 11 is 6.74. The van der Waals surface area contributed by atoms with Crippen molar-refractivity contribution < 1.29 is 4.42 Å². The van der Waals surface area contributed by atoms with E-state index >= 15 is 0 Å². The Kier molecular flexibility index (Phi) is 3.91. The van der Waals surface area contributed by atoms with Gasteiger partial charge in [0, 0.05) is 6.04 Å². The molecule has 0 radical (unpaired) electrons. The maximum Gasteiger partial charge on any atom is 0.183 e. The lowest BCUT2D eigenvalue weighted by atomic mass is 10.2. The van der Waals surface area contributed by atoms with E-state index in [9.17, 15) is 0 Å². The first-order valence-corrected chi connectivity index (χ1v) is 6.96. The van der Waals surface area contributed by atoms with Crippen molar-refractivity contribution in [3.05, 3.63) is 21.0 Å². The van der Waals surface area contributed by atoms with Crippen LogP contribution in [-0.2, 0) is 6.54 Å². The molecule has 0 aromatic carbocycles. The van der Waals surface area contributed by atoms with Gasteiger partial charge in [0.1, 0.15) is 5.76 Å². The van der Waals surface area contributed by atoms with Crippen molar-refractivity contribution in [3.63, 3.8) is 0 Å². The molecule has 1 heterocycles. The summed E-state index contributed by atoms with van der Waals surface area (Å²) in [6.45, 7) is 3.07. The molecule has 2 atom stereocenters. The molecule has 1 N–H and O–H groups in total. The van der Waals surface area contributed by atoms with Gasteiger partial charge in [-0.1, -0.05) is 13.3 Å². The van der Waals surface area contributed by atoms with Gasteiger partial charge in [0.2, 0.25) is 0 Å². The van der Waals surface area contributed by atoms with Gasteiger partial charge < -0.3 is 9.73 Å². The zero-order valence-corrected chi connectivity index (χ0v) is 11.9. The van der Waals surface area contributed by atoms with Gasteiger partial charge in [0.15, 0.2) is 4.67 Å². The second-order valence-corrected chi connectivity index (χ2v) is 5.68. The average molecular weight is 337 g/mol. The van der Waals surface area contributed by atoms with Crippen LogP contribution in [0.15, 0.2) is 19.6 Å². The number of halogens is 2. The molecule has 2 unspecified atom stereocenters. The normalized spacial score (nSPS) is 24.5. The largest absolute Gasteiger partial charge is 0.452 e. The Morgan fingerprint density at radius 1 is 1.53 bits per heavy atom. The fourth-order valence-corrected chi connectivity index (χ4v) is 2.56. The molecule has 1 aliphatic carbocycles. The minimum Gasteiger partial charge on any atom is -0.452 e. The van der Waals surface area contributed by atoms with Gasteiger partial charge in [-0.15, -0.1) is 0 Å². The van der Waals surface area contributed by atoms with Crippen molar-refractivity contribution in [2.24, 2.45) is 5.92 Å². The molecule has 1 fully saturated rings. The molecular weight excluding hydrogens is 322 g/mol. The highest BCUT2D eigenvalue weighted by molar-refractivity contribution is 9.13. The number of rotatable bonds is 5. The predicted octanol–water partition coefficient (Wildman–Crippen LogP) is 4.08. The Morgan fingerprint density at radius 3 is 2.93 bits per heavy atom. The van der Waals surface area contributed by atoms with Crippen LogP contribution in [0, 0.1) is 5.92 Å². The molecule has 0 bridgehead atoms. The molecule has 4 heteroatoms. The van der Waals surface area contributed by atoms with Crippen molar-refractivity contribution in [2.45, 2.75) is 38.8 Å². The number of furan rings is 1. The fraction of sp³-hybridized carbons (Fsp3) is 0.636. The van der Waals surface area contributed by atoms with E-state index < -0.39 is 0 Å². The van der Waals surface area contributed by atoms with Crippen LogP contribution in [0.25, 0.3) is 0 Å². The number of hydrogen-bond donors (Lipinski definition) is 1. The highest BCUT2D eigenvalue weighted by Gasteiger charge is 2.35. The van der Waals surface area contributed by atoms with Crippen LogP contribution in [-0.4, -0.2) is 6.04 Å². The minimum atomic E-state index is 0.715. The smallest absolute Gasteiger partial charge is 0.183 e. The summed E-state index contributed by atoms with van der Waals surface area (Å²) in [5.41, 5.74) is 0. The summed E-state index contributed by atoms with van der Waals surface area (Å²) in [6.07, 6.45) is 3.97. The summed E-state index contributed by atoms with van der Waals surface area (Å²) in [4.78, 5) is 0. The highest BCUT2D eigenvalue weighted by atomic mass is 79.9. The third kappa shape index (κ3) is 3.08. The van der Waals surface area contributed by atoms with E-state index in [4.69, 9.17) is 4.42 Å². The quantitative estimate of drug-likeness (QED) is 0.876. The van der Waals surface area contributed by atoms with Crippen LogP contribution >= 0.6 is 31.9 Å². The standard InChI is InChI=1S/C11H15Br2NO/c1-2-3-7-4-10(7)14-6-8-5-9(12)11(13)15-8/h5,7,10,14H,2-4,6H2,1H3. The Labute approximate surface area is 107 Å². The molecule has 15 heavy (non-hydrogen) atoms. The second kappa shape index (κ2) is 5.02. The lowest BCUT2D eigenvalue weighted by Crippen LogP contribution is -2.17. The summed E-state index contributed by atoms with van der Waals surface area (Å²) in [5, 5.41) is 3.51. The molecule has 2 nitrogen and oxygen atoms in total. The first-order chi connectivity index (χ1) is 7.20. The minimum absolute atomic E-state index is 0.715. The second-order valence-electron chi connectivity index (χ2n) is 4.11. The van der Waals surface area contributed by atoms with Gasteiger partial charge >= 0.3 is 0 Å². The Morgan fingerprint density at radius 2 is 2.33 bits per heavy atom. The van der Waals surface area contributed by atoms with Gasteiger partial charge in [-0.2, -0.15) is 0 Å². The van der Waals surface area contributed by atoms with Gasteiger partial charge in [-0.25, -0.2) is 0 Å².